The summed E-state index contributed by atoms with van der Waals surface area (Å²) in [7, 11) is 0. The van der Waals surface area contributed by atoms with Gasteiger partial charge < -0.3 is 19.1 Å². The van der Waals surface area contributed by atoms with Crippen molar-refractivity contribution in [3.63, 3.8) is 0 Å². The van der Waals surface area contributed by atoms with Crippen molar-refractivity contribution in [2.24, 2.45) is 0 Å². The fourth-order valence-corrected chi connectivity index (χ4v) is 3.38. The van der Waals surface area contributed by atoms with Crippen LogP contribution in [0.2, 0.25) is 0 Å². The molecule has 144 valence electrons. The van der Waals surface area contributed by atoms with Crippen LogP contribution in [-0.4, -0.2) is 34.2 Å². The third-order valence-corrected chi connectivity index (χ3v) is 5.05. The zero-order valence-electron chi connectivity index (χ0n) is 15.5. The first-order valence-electron chi connectivity index (χ1n) is 9.35. The third kappa shape index (κ3) is 5.66. The molecule has 5 nitrogen and oxygen atoms in total. The van der Waals surface area contributed by atoms with E-state index in [4.69, 9.17) is 9.47 Å². The average molecular weight is 433 g/mol. The Kier molecular flexibility index (Phi) is 7.48. The Morgan fingerprint density at radius 3 is 2.89 bits per heavy atom. The molecule has 1 aliphatic rings. The molecular formula is C21H25BrN2O3. The largest absolute Gasteiger partial charge is 0.396 e. The van der Waals surface area contributed by atoms with Crippen molar-refractivity contribution in [2.45, 2.75) is 51.0 Å². The summed E-state index contributed by atoms with van der Waals surface area (Å²) in [5.74, 6) is 7.26. The van der Waals surface area contributed by atoms with Crippen molar-refractivity contribution in [1.82, 2.24) is 9.55 Å². The molecule has 0 spiro atoms. The van der Waals surface area contributed by atoms with E-state index in [-0.39, 0.29) is 25.0 Å². The molecule has 1 aromatic heterocycles. The molecule has 2 aromatic rings. The maximum absolute atomic E-state index is 9.50. The Balaban J connectivity index is 1.76. The number of nitrogens with zero attached hydrogens (tertiary/aromatic N) is 2. The molecule has 0 aliphatic carbocycles. The summed E-state index contributed by atoms with van der Waals surface area (Å²) in [6.07, 6.45) is 6.91. The molecule has 1 saturated heterocycles. The quantitative estimate of drug-likeness (QED) is 0.693. The van der Waals surface area contributed by atoms with Crippen LogP contribution in [0.5, 0.6) is 0 Å². The number of aromatic nitrogens is 2. The van der Waals surface area contributed by atoms with E-state index in [0.717, 1.165) is 41.7 Å². The second-order valence-corrected chi connectivity index (χ2v) is 7.49. The Morgan fingerprint density at radius 2 is 2.19 bits per heavy atom. The van der Waals surface area contributed by atoms with Crippen LogP contribution in [-0.2, 0) is 9.47 Å². The number of imidazole rings is 1. The van der Waals surface area contributed by atoms with E-state index in [1.165, 1.54) is 0 Å². The fraction of sp³-hybridized carbons (Fsp3) is 0.476. The minimum atomic E-state index is -0.209. The maximum Gasteiger partial charge on any atom is 0.158 e. The standard InChI is InChI=1S/C21H25BrN2O3/c1-16(27-20-4-2-3-15-26-20)21-23-12-13-24(21)19(11-14-25)10-7-17-5-8-18(22)9-6-17/h5-6,8-9,12-13,16,19-20,25H,2-4,11,14-15H2,1H3/t16-,19+,20?/m0/s1. The molecular weight excluding hydrogens is 408 g/mol. The van der Waals surface area contributed by atoms with Gasteiger partial charge in [-0.15, -0.1) is 0 Å². The number of benzene rings is 1. The molecule has 1 N–H and O–H groups in total. The van der Waals surface area contributed by atoms with Gasteiger partial charge in [0.2, 0.25) is 0 Å². The highest BCUT2D eigenvalue weighted by Crippen LogP contribution is 2.25. The SMILES string of the molecule is C[C@H](OC1CCCCO1)c1nccn1[C@H](C#Cc1ccc(Br)cc1)CCO. The van der Waals surface area contributed by atoms with Gasteiger partial charge in [0.25, 0.3) is 0 Å². The molecule has 1 unspecified atom stereocenters. The third-order valence-electron chi connectivity index (χ3n) is 4.52. The van der Waals surface area contributed by atoms with E-state index in [9.17, 15) is 5.11 Å². The van der Waals surface area contributed by atoms with Crippen LogP contribution in [0, 0.1) is 11.8 Å². The summed E-state index contributed by atoms with van der Waals surface area (Å²) < 4.78 is 14.8. The lowest BCUT2D eigenvalue weighted by Gasteiger charge is -2.26. The second kappa shape index (κ2) is 10.0. The fourth-order valence-electron chi connectivity index (χ4n) is 3.11. The van der Waals surface area contributed by atoms with E-state index in [1.54, 1.807) is 6.20 Å². The number of ether oxygens (including phenoxy) is 2. The van der Waals surface area contributed by atoms with Gasteiger partial charge in [0.05, 0.1) is 6.04 Å². The van der Waals surface area contributed by atoms with Gasteiger partial charge in [0, 0.05) is 42.1 Å². The Hall–Kier alpha value is -1.65. The summed E-state index contributed by atoms with van der Waals surface area (Å²) in [6, 6.07) is 7.69. The highest BCUT2D eigenvalue weighted by molar-refractivity contribution is 9.10. The second-order valence-electron chi connectivity index (χ2n) is 6.57. The normalized spacial score (nSPS) is 19.1. The van der Waals surface area contributed by atoms with Crippen molar-refractivity contribution < 1.29 is 14.6 Å². The van der Waals surface area contributed by atoms with Crippen molar-refractivity contribution in [3.8, 4) is 11.8 Å². The number of rotatable bonds is 6. The minimum absolute atomic E-state index is 0.0538. The monoisotopic (exact) mass is 432 g/mol. The highest BCUT2D eigenvalue weighted by Gasteiger charge is 2.22. The first-order chi connectivity index (χ1) is 13.2. The molecule has 1 aromatic carbocycles. The Morgan fingerprint density at radius 1 is 1.37 bits per heavy atom. The molecule has 27 heavy (non-hydrogen) atoms. The van der Waals surface area contributed by atoms with Gasteiger partial charge in [-0.3, -0.25) is 0 Å². The van der Waals surface area contributed by atoms with Crippen molar-refractivity contribution in [1.29, 1.82) is 0 Å². The summed E-state index contributed by atoms with van der Waals surface area (Å²) in [4.78, 5) is 4.48. The molecule has 0 saturated carbocycles. The van der Waals surface area contributed by atoms with Crippen molar-refractivity contribution in [2.75, 3.05) is 13.2 Å². The van der Waals surface area contributed by atoms with Gasteiger partial charge >= 0.3 is 0 Å². The summed E-state index contributed by atoms with van der Waals surface area (Å²) in [5, 5.41) is 9.50. The van der Waals surface area contributed by atoms with Crippen LogP contribution in [0.4, 0.5) is 0 Å². The topological polar surface area (TPSA) is 56.5 Å². The smallest absolute Gasteiger partial charge is 0.158 e. The molecule has 0 amide bonds. The molecule has 1 aliphatic heterocycles. The lowest BCUT2D eigenvalue weighted by Crippen LogP contribution is -2.25. The van der Waals surface area contributed by atoms with Crippen LogP contribution in [0.25, 0.3) is 0 Å². The van der Waals surface area contributed by atoms with E-state index < -0.39 is 0 Å². The molecule has 3 rings (SSSR count). The van der Waals surface area contributed by atoms with Gasteiger partial charge in [-0.05, 0) is 50.5 Å². The van der Waals surface area contributed by atoms with Crippen LogP contribution >= 0.6 is 15.9 Å². The van der Waals surface area contributed by atoms with Crippen LogP contribution < -0.4 is 0 Å². The van der Waals surface area contributed by atoms with Crippen molar-refractivity contribution in [3.05, 3.63) is 52.5 Å². The summed E-state index contributed by atoms with van der Waals surface area (Å²) >= 11 is 3.43. The molecule has 6 heteroatoms. The lowest BCUT2D eigenvalue weighted by atomic mass is 10.1. The van der Waals surface area contributed by atoms with E-state index >= 15 is 0 Å². The van der Waals surface area contributed by atoms with Gasteiger partial charge in [-0.1, -0.05) is 27.8 Å². The molecule has 0 radical (unpaired) electrons. The minimum Gasteiger partial charge on any atom is -0.396 e. The van der Waals surface area contributed by atoms with Crippen LogP contribution in [0.3, 0.4) is 0 Å². The van der Waals surface area contributed by atoms with Gasteiger partial charge in [-0.25, -0.2) is 4.98 Å². The Bertz CT molecular complexity index is 773. The number of aliphatic hydroxyl groups excluding tert-OH is 1. The number of hydrogen-bond acceptors (Lipinski definition) is 4. The van der Waals surface area contributed by atoms with Crippen LogP contribution in [0.1, 0.15) is 56.1 Å². The van der Waals surface area contributed by atoms with Crippen LogP contribution in [0.15, 0.2) is 41.1 Å². The predicted molar refractivity (Wildman–Crippen MR) is 107 cm³/mol. The predicted octanol–water partition coefficient (Wildman–Crippen LogP) is 4.23. The average Bonchev–Trinajstić information content (AvgIpc) is 3.17. The number of halogens is 1. The zero-order valence-corrected chi connectivity index (χ0v) is 17.1. The number of aliphatic hydroxyl groups is 1. The van der Waals surface area contributed by atoms with Gasteiger partial charge in [-0.2, -0.15) is 0 Å². The number of hydrogen-bond donors (Lipinski definition) is 1. The van der Waals surface area contributed by atoms with E-state index in [1.807, 2.05) is 42.0 Å². The molecule has 3 atom stereocenters. The van der Waals surface area contributed by atoms with Crippen molar-refractivity contribution >= 4 is 15.9 Å². The first-order valence-corrected chi connectivity index (χ1v) is 10.1. The van der Waals surface area contributed by atoms with Gasteiger partial charge in [0.15, 0.2) is 6.29 Å². The Labute approximate surface area is 168 Å². The molecule has 2 heterocycles. The first kappa shape index (κ1) is 20.1. The van der Waals surface area contributed by atoms with Gasteiger partial charge in [0.1, 0.15) is 11.9 Å². The lowest BCUT2D eigenvalue weighted by molar-refractivity contribution is -0.188. The van der Waals surface area contributed by atoms with E-state index in [2.05, 4.69) is 32.8 Å². The highest BCUT2D eigenvalue weighted by atomic mass is 79.9. The maximum atomic E-state index is 9.50. The molecule has 0 bridgehead atoms. The zero-order chi connectivity index (χ0) is 19.1. The van der Waals surface area contributed by atoms with E-state index in [0.29, 0.717) is 6.42 Å². The summed E-state index contributed by atoms with van der Waals surface area (Å²) in [5.41, 5.74) is 0.933. The summed E-state index contributed by atoms with van der Waals surface area (Å²) in [6.45, 7) is 2.78. The molecule has 1 fully saturated rings.